The summed E-state index contributed by atoms with van der Waals surface area (Å²) in [7, 11) is 6.27. The Labute approximate surface area is 270 Å². The second-order valence-corrected chi connectivity index (χ2v) is 10.2. The number of hydrogen-bond donors (Lipinski definition) is 2. The highest BCUT2D eigenvalue weighted by molar-refractivity contribution is 5.76. The first-order valence-corrected chi connectivity index (χ1v) is 14.6. The van der Waals surface area contributed by atoms with Crippen molar-refractivity contribution in [3.05, 3.63) is 119 Å². The molecule has 4 rings (SSSR count). The predicted octanol–water partition coefficient (Wildman–Crippen LogP) is 4.63. The summed E-state index contributed by atoms with van der Waals surface area (Å²) in [4.78, 5) is 24.1. The van der Waals surface area contributed by atoms with Gasteiger partial charge in [-0.3, -0.25) is 9.59 Å². The molecule has 10 heteroatoms. The van der Waals surface area contributed by atoms with Crippen LogP contribution in [0.1, 0.15) is 22.3 Å². The first-order valence-electron chi connectivity index (χ1n) is 14.6. The Bertz CT molecular complexity index is 1400. The zero-order valence-corrected chi connectivity index (χ0v) is 26.6. The van der Waals surface area contributed by atoms with E-state index >= 15 is 0 Å². The van der Waals surface area contributed by atoms with Crippen molar-refractivity contribution < 1.29 is 38.0 Å². The predicted molar refractivity (Wildman–Crippen MR) is 175 cm³/mol. The number of nitrogens with two attached hydrogens (primary N) is 2. The molecule has 46 heavy (non-hydrogen) atoms. The molecule has 0 saturated carbocycles. The molecule has 0 radical (unpaired) electrons. The summed E-state index contributed by atoms with van der Waals surface area (Å²) >= 11 is 0. The van der Waals surface area contributed by atoms with Gasteiger partial charge in [0.15, 0.2) is 0 Å². The molecule has 0 amide bonds. The van der Waals surface area contributed by atoms with Gasteiger partial charge in [-0.25, -0.2) is 0 Å². The van der Waals surface area contributed by atoms with Gasteiger partial charge in [-0.2, -0.15) is 0 Å². The molecule has 0 aliphatic carbocycles. The minimum Gasteiger partial charge on any atom is -0.497 e. The van der Waals surface area contributed by atoms with Crippen LogP contribution in [0.15, 0.2) is 97.1 Å². The molecule has 0 spiro atoms. The fraction of sp³-hybridized carbons (Fsp3) is 0.278. The van der Waals surface area contributed by atoms with E-state index < -0.39 is 24.0 Å². The first-order chi connectivity index (χ1) is 22.3. The first kappa shape index (κ1) is 35.4. The van der Waals surface area contributed by atoms with Crippen LogP contribution in [0.5, 0.6) is 23.0 Å². The Morgan fingerprint density at radius 2 is 0.913 bits per heavy atom. The third kappa shape index (κ3) is 11.1. The molecule has 4 N–H and O–H groups in total. The van der Waals surface area contributed by atoms with E-state index in [1.54, 1.807) is 64.8 Å². The minimum atomic E-state index is -0.693. The smallest absolute Gasteiger partial charge is 0.323 e. The van der Waals surface area contributed by atoms with Crippen molar-refractivity contribution >= 4 is 11.9 Å². The largest absolute Gasteiger partial charge is 0.497 e. The van der Waals surface area contributed by atoms with Crippen molar-refractivity contribution in [2.75, 3.05) is 28.4 Å². The molecule has 0 unspecified atom stereocenters. The van der Waals surface area contributed by atoms with E-state index in [0.717, 1.165) is 22.3 Å². The van der Waals surface area contributed by atoms with Crippen molar-refractivity contribution in [2.45, 2.75) is 38.1 Å². The van der Waals surface area contributed by atoms with Gasteiger partial charge >= 0.3 is 11.9 Å². The molecule has 0 heterocycles. The molecule has 244 valence electrons. The highest BCUT2D eigenvalue weighted by atomic mass is 16.5. The quantitative estimate of drug-likeness (QED) is 0.189. The van der Waals surface area contributed by atoms with Crippen LogP contribution in [0, 0.1) is 0 Å². The Balaban J connectivity index is 0.000000250. The van der Waals surface area contributed by atoms with Crippen LogP contribution in [-0.4, -0.2) is 52.5 Å². The summed E-state index contributed by atoms with van der Waals surface area (Å²) in [6, 6.07) is 28.5. The molecule has 0 fully saturated rings. The van der Waals surface area contributed by atoms with E-state index in [1.807, 2.05) is 60.7 Å². The van der Waals surface area contributed by atoms with Crippen LogP contribution in [0.25, 0.3) is 0 Å². The lowest BCUT2D eigenvalue weighted by Gasteiger charge is -2.14. The van der Waals surface area contributed by atoms with Crippen molar-refractivity contribution in [3.8, 4) is 23.0 Å². The maximum atomic E-state index is 12.0. The third-order valence-corrected chi connectivity index (χ3v) is 6.93. The van der Waals surface area contributed by atoms with Gasteiger partial charge in [0, 0.05) is 23.3 Å². The molecule has 2 atom stereocenters. The summed E-state index contributed by atoms with van der Waals surface area (Å²) in [6.07, 6.45) is 0.888. The van der Waals surface area contributed by atoms with E-state index in [1.165, 1.54) is 0 Å². The molecule has 0 aliphatic heterocycles. The molecule has 0 bridgehead atoms. The van der Waals surface area contributed by atoms with Crippen LogP contribution in [0.3, 0.4) is 0 Å². The van der Waals surface area contributed by atoms with Crippen LogP contribution in [0.4, 0.5) is 0 Å². The van der Waals surface area contributed by atoms with Gasteiger partial charge in [0.25, 0.3) is 0 Å². The van der Waals surface area contributed by atoms with Crippen LogP contribution < -0.4 is 30.4 Å². The summed E-state index contributed by atoms with van der Waals surface area (Å²) < 4.78 is 31.4. The van der Waals surface area contributed by atoms with Gasteiger partial charge in [-0.05, 0) is 48.2 Å². The van der Waals surface area contributed by atoms with Crippen LogP contribution in [-0.2, 0) is 45.1 Å². The summed E-state index contributed by atoms with van der Waals surface area (Å²) in [5, 5.41) is 0. The van der Waals surface area contributed by atoms with E-state index in [-0.39, 0.29) is 13.2 Å². The maximum absolute atomic E-state index is 12.0. The topological polar surface area (TPSA) is 142 Å². The minimum absolute atomic E-state index is 0.106. The number of benzene rings is 4. The number of ether oxygens (including phenoxy) is 6. The van der Waals surface area contributed by atoms with Crippen LogP contribution >= 0.6 is 0 Å². The Kier molecular flexibility index (Phi) is 14.4. The van der Waals surface area contributed by atoms with E-state index in [4.69, 9.17) is 39.9 Å². The van der Waals surface area contributed by atoms with E-state index in [0.29, 0.717) is 35.8 Å². The van der Waals surface area contributed by atoms with Gasteiger partial charge in [-0.15, -0.1) is 0 Å². The lowest BCUT2D eigenvalue weighted by atomic mass is 10.1. The fourth-order valence-corrected chi connectivity index (χ4v) is 4.36. The Morgan fingerprint density at radius 3 is 1.24 bits per heavy atom. The average molecular weight is 631 g/mol. The summed E-state index contributed by atoms with van der Waals surface area (Å²) in [6.45, 7) is 0.211. The zero-order chi connectivity index (χ0) is 33.3. The second-order valence-electron chi connectivity index (χ2n) is 10.2. The van der Waals surface area contributed by atoms with Crippen LogP contribution in [0.2, 0.25) is 0 Å². The number of methoxy groups -OCH3 is 4. The van der Waals surface area contributed by atoms with Crippen molar-refractivity contribution in [2.24, 2.45) is 11.5 Å². The van der Waals surface area contributed by atoms with Gasteiger partial charge < -0.3 is 39.9 Å². The molecule has 10 nitrogen and oxygen atoms in total. The van der Waals surface area contributed by atoms with Gasteiger partial charge in [0.1, 0.15) is 48.3 Å². The average Bonchev–Trinajstić information content (AvgIpc) is 3.10. The second kappa shape index (κ2) is 18.7. The van der Waals surface area contributed by atoms with E-state index in [9.17, 15) is 9.59 Å². The Morgan fingerprint density at radius 1 is 0.543 bits per heavy atom. The van der Waals surface area contributed by atoms with Gasteiger partial charge in [0.2, 0.25) is 0 Å². The van der Waals surface area contributed by atoms with Crippen molar-refractivity contribution in [3.63, 3.8) is 0 Å². The van der Waals surface area contributed by atoms with Gasteiger partial charge in [-0.1, -0.05) is 60.7 Å². The molecule has 4 aromatic rings. The standard InChI is InChI=1S/2C18H21NO4/c2*1-21-15-9-8-14(17(11-15)22-2)12-23-18(20)16(19)10-13-6-4-3-5-7-13/h2*3-9,11,16H,10,12,19H2,1-2H3/t2*16-/m00/s1. The Hall–Kier alpha value is -5.06. The normalized spacial score (nSPS) is 11.6. The van der Waals surface area contributed by atoms with Crippen molar-refractivity contribution in [1.82, 2.24) is 0 Å². The molecule has 0 saturated heterocycles. The number of hydrogen-bond acceptors (Lipinski definition) is 10. The maximum Gasteiger partial charge on any atom is 0.323 e. The highest BCUT2D eigenvalue weighted by Crippen LogP contribution is 2.26. The molecule has 4 aromatic carbocycles. The zero-order valence-electron chi connectivity index (χ0n) is 26.6. The monoisotopic (exact) mass is 630 g/mol. The third-order valence-electron chi connectivity index (χ3n) is 6.93. The molecular weight excluding hydrogens is 588 g/mol. The summed E-state index contributed by atoms with van der Waals surface area (Å²) in [5.74, 6) is 1.69. The lowest BCUT2D eigenvalue weighted by molar-refractivity contribution is -0.147. The fourth-order valence-electron chi connectivity index (χ4n) is 4.36. The molecule has 0 aliphatic rings. The molecular formula is C36H42N2O8. The SMILES string of the molecule is COc1ccc(COC(=O)[C@@H](N)Cc2ccccc2)c(OC)c1.COc1ccc(COC(=O)[C@@H](N)Cc2ccccc2)c(OC)c1. The number of carbonyl (C=O) groups excluding carboxylic acids is 2. The number of rotatable bonds is 14. The van der Waals surface area contributed by atoms with E-state index in [2.05, 4.69) is 0 Å². The summed E-state index contributed by atoms with van der Waals surface area (Å²) in [5.41, 5.74) is 15.3. The highest BCUT2D eigenvalue weighted by Gasteiger charge is 2.18. The number of esters is 2. The van der Waals surface area contributed by atoms with Crippen molar-refractivity contribution in [1.29, 1.82) is 0 Å². The number of carbonyl (C=O) groups is 2. The molecule has 0 aromatic heterocycles. The lowest BCUT2D eigenvalue weighted by Crippen LogP contribution is -2.34. The van der Waals surface area contributed by atoms with Gasteiger partial charge in [0.05, 0.1) is 28.4 Å².